The fourth-order valence-electron chi connectivity index (χ4n) is 1.87. The van der Waals surface area contributed by atoms with Gasteiger partial charge in [-0.15, -0.1) is 11.6 Å². The number of alkyl halides is 3. The molecule has 0 saturated carbocycles. The molecule has 0 unspecified atom stereocenters. The lowest BCUT2D eigenvalue weighted by Crippen LogP contribution is -2.31. The highest BCUT2D eigenvalue weighted by molar-refractivity contribution is 6.18. The topological polar surface area (TPSA) is 21.1 Å². The molecule has 0 N–H and O–H groups in total. The van der Waals surface area contributed by atoms with Crippen LogP contribution in [-0.4, -0.2) is 40.1 Å². The third kappa shape index (κ3) is 4.53. The van der Waals surface area contributed by atoms with E-state index in [1.807, 2.05) is 24.6 Å². The summed E-state index contributed by atoms with van der Waals surface area (Å²) in [5, 5.41) is 4.41. The quantitative estimate of drug-likeness (QED) is 0.682. The van der Waals surface area contributed by atoms with E-state index in [1.165, 1.54) is 0 Å². The molecule has 0 radical (unpaired) electrons. The van der Waals surface area contributed by atoms with Crippen molar-refractivity contribution in [2.75, 3.05) is 19.0 Å². The lowest BCUT2D eigenvalue weighted by atomic mass is 10.3. The number of aromatic nitrogens is 2. The average molecular weight is 280 g/mol. The van der Waals surface area contributed by atoms with E-state index in [2.05, 4.69) is 5.10 Å². The van der Waals surface area contributed by atoms with E-state index in [9.17, 15) is 8.78 Å². The van der Waals surface area contributed by atoms with Crippen LogP contribution in [0, 0.1) is 0 Å². The van der Waals surface area contributed by atoms with Gasteiger partial charge in [0.05, 0.1) is 17.9 Å². The minimum absolute atomic E-state index is 0.247. The van der Waals surface area contributed by atoms with Gasteiger partial charge in [0.15, 0.2) is 0 Å². The first kappa shape index (κ1) is 15.4. The molecule has 1 heterocycles. The maximum Gasteiger partial charge on any atom is 0.251 e. The highest BCUT2D eigenvalue weighted by atomic mass is 35.5. The SMILES string of the molecule is CCc1cc(CN(CCCl)CC(F)F)n(CC)n1. The van der Waals surface area contributed by atoms with Gasteiger partial charge in [-0.1, -0.05) is 6.92 Å². The molecule has 6 heteroatoms. The zero-order chi connectivity index (χ0) is 13.5. The lowest BCUT2D eigenvalue weighted by Gasteiger charge is -2.20. The number of rotatable bonds is 8. The summed E-state index contributed by atoms with van der Waals surface area (Å²) in [4.78, 5) is 1.67. The van der Waals surface area contributed by atoms with Crippen LogP contribution in [0.25, 0.3) is 0 Å². The summed E-state index contributed by atoms with van der Waals surface area (Å²) in [7, 11) is 0. The third-order valence-electron chi connectivity index (χ3n) is 2.76. The number of halogens is 3. The second-order valence-corrected chi connectivity index (χ2v) is 4.49. The molecule has 1 rings (SSSR count). The Hall–Kier alpha value is -0.680. The molecule has 0 spiro atoms. The minimum atomic E-state index is -2.34. The number of aryl methyl sites for hydroxylation is 2. The molecule has 3 nitrogen and oxygen atoms in total. The van der Waals surface area contributed by atoms with Crippen LogP contribution < -0.4 is 0 Å². The second-order valence-electron chi connectivity index (χ2n) is 4.11. The molecular formula is C12H20ClF2N3. The van der Waals surface area contributed by atoms with Crippen molar-refractivity contribution in [3.63, 3.8) is 0 Å². The summed E-state index contributed by atoms with van der Waals surface area (Å²) in [6, 6.07) is 1.98. The van der Waals surface area contributed by atoms with Crippen molar-refractivity contribution in [1.82, 2.24) is 14.7 Å². The van der Waals surface area contributed by atoms with E-state index < -0.39 is 6.43 Å². The monoisotopic (exact) mass is 279 g/mol. The summed E-state index contributed by atoms with van der Waals surface area (Å²) in [6.07, 6.45) is -1.48. The first-order valence-corrected chi connectivity index (χ1v) is 6.76. The maximum absolute atomic E-state index is 12.5. The van der Waals surface area contributed by atoms with Gasteiger partial charge in [0.25, 0.3) is 6.43 Å². The standard InChI is InChI=1S/C12H20ClF2N3/c1-3-10-7-11(18(4-2)16-10)8-17(6-5-13)9-12(14)15/h7,12H,3-6,8-9H2,1-2H3. The van der Waals surface area contributed by atoms with Gasteiger partial charge in [0, 0.05) is 25.5 Å². The summed E-state index contributed by atoms with van der Waals surface area (Å²) in [5.41, 5.74) is 1.97. The highest BCUT2D eigenvalue weighted by Gasteiger charge is 2.15. The smallest absolute Gasteiger partial charge is 0.251 e. The summed E-state index contributed by atoms with van der Waals surface area (Å²) in [5.74, 6) is 0.355. The first-order valence-electron chi connectivity index (χ1n) is 6.22. The minimum Gasteiger partial charge on any atom is -0.291 e. The Morgan fingerprint density at radius 1 is 1.44 bits per heavy atom. The van der Waals surface area contributed by atoms with E-state index >= 15 is 0 Å². The molecule has 0 aliphatic carbocycles. The summed E-state index contributed by atoms with van der Waals surface area (Å²) < 4.78 is 26.8. The average Bonchev–Trinajstić information content (AvgIpc) is 2.71. The van der Waals surface area contributed by atoms with Crippen LogP contribution >= 0.6 is 11.6 Å². The molecule has 1 aromatic rings. The second kappa shape index (κ2) is 7.69. The van der Waals surface area contributed by atoms with Crippen molar-refractivity contribution in [3.8, 4) is 0 Å². The van der Waals surface area contributed by atoms with E-state index in [0.717, 1.165) is 24.4 Å². The molecule has 0 saturated heterocycles. The van der Waals surface area contributed by atoms with Crippen molar-refractivity contribution in [2.45, 2.75) is 39.8 Å². The number of nitrogens with zero attached hydrogens (tertiary/aromatic N) is 3. The van der Waals surface area contributed by atoms with Crippen LogP contribution in [0.1, 0.15) is 25.2 Å². The van der Waals surface area contributed by atoms with E-state index in [1.54, 1.807) is 4.90 Å². The van der Waals surface area contributed by atoms with Crippen LogP contribution in [0.3, 0.4) is 0 Å². The number of hydrogen-bond donors (Lipinski definition) is 0. The Morgan fingerprint density at radius 2 is 2.17 bits per heavy atom. The predicted octanol–water partition coefficient (Wildman–Crippen LogP) is 2.77. The van der Waals surface area contributed by atoms with Crippen LogP contribution in [-0.2, 0) is 19.5 Å². The first-order chi connectivity index (χ1) is 8.60. The molecule has 0 aliphatic heterocycles. The largest absolute Gasteiger partial charge is 0.291 e. The van der Waals surface area contributed by atoms with Gasteiger partial charge in [-0.05, 0) is 19.4 Å². The van der Waals surface area contributed by atoms with Crippen molar-refractivity contribution in [1.29, 1.82) is 0 Å². The zero-order valence-corrected chi connectivity index (χ0v) is 11.6. The van der Waals surface area contributed by atoms with Crippen molar-refractivity contribution < 1.29 is 8.78 Å². The highest BCUT2D eigenvalue weighted by Crippen LogP contribution is 2.10. The fourth-order valence-corrected chi connectivity index (χ4v) is 2.11. The zero-order valence-electron chi connectivity index (χ0n) is 10.9. The number of hydrogen-bond acceptors (Lipinski definition) is 2. The Balaban J connectivity index is 2.75. The molecular weight excluding hydrogens is 260 g/mol. The van der Waals surface area contributed by atoms with E-state index in [4.69, 9.17) is 11.6 Å². The van der Waals surface area contributed by atoms with Gasteiger partial charge < -0.3 is 0 Å². The van der Waals surface area contributed by atoms with Gasteiger partial charge in [0.1, 0.15) is 0 Å². The lowest BCUT2D eigenvalue weighted by molar-refractivity contribution is 0.0866. The Labute approximate surface area is 112 Å². The molecule has 0 fully saturated rings. The van der Waals surface area contributed by atoms with Crippen molar-refractivity contribution >= 4 is 11.6 Å². The van der Waals surface area contributed by atoms with Gasteiger partial charge >= 0.3 is 0 Å². The van der Waals surface area contributed by atoms with E-state index in [-0.39, 0.29) is 6.54 Å². The summed E-state index contributed by atoms with van der Waals surface area (Å²) >= 11 is 5.64. The predicted molar refractivity (Wildman–Crippen MR) is 69.3 cm³/mol. The summed E-state index contributed by atoms with van der Waals surface area (Å²) in [6.45, 7) is 5.46. The van der Waals surface area contributed by atoms with Gasteiger partial charge in [-0.2, -0.15) is 5.10 Å². The van der Waals surface area contributed by atoms with Crippen LogP contribution in [0.5, 0.6) is 0 Å². The van der Waals surface area contributed by atoms with E-state index in [0.29, 0.717) is 19.0 Å². The Morgan fingerprint density at radius 3 is 2.67 bits per heavy atom. The van der Waals surface area contributed by atoms with Crippen LogP contribution in [0.2, 0.25) is 0 Å². The van der Waals surface area contributed by atoms with Gasteiger partial charge in [-0.25, -0.2) is 8.78 Å². The van der Waals surface area contributed by atoms with Crippen molar-refractivity contribution in [3.05, 3.63) is 17.5 Å². The molecule has 0 atom stereocenters. The van der Waals surface area contributed by atoms with Gasteiger partial charge in [0.2, 0.25) is 0 Å². The Bertz CT molecular complexity index is 355. The third-order valence-corrected chi connectivity index (χ3v) is 2.93. The van der Waals surface area contributed by atoms with Crippen LogP contribution in [0.15, 0.2) is 6.07 Å². The normalized spacial score (nSPS) is 11.7. The molecule has 0 aromatic carbocycles. The van der Waals surface area contributed by atoms with Crippen molar-refractivity contribution in [2.24, 2.45) is 0 Å². The van der Waals surface area contributed by atoms with Gasteiger partial charge in [-0.3, -0.25) is 9.58 Å². The molecule has 18 heavy (non-hydrogen) atoms. The molecule has 0 bridgehead atoms. The molecule has 0 amide bonds. The van der Waals surface area contributed by atoms with Crippen LogP contribution in [0.4, 0.5) is 8.78 Å². The maximum atomic E-state index is 12.5. The molecule has 1 aromatic heterocycles. The molecule has 104 valence electrons. The Kier molecular flexibility index (Phi) is 6.57. The molecule has 0 aliphatic rings. The fraction of sp³-hybridized carbons (Fsp3) is 0.750.